The van der Waals surface area contributed by atoms with Crippen LogP contribution < -0.4 is 10.1 Å². The first-order valence-corrected chi connectivity index (χ1v) is 11.7. The Hall–Kier alpha value is -3.94. The summed E-state index contributed by atoms with van der Waals surface area (Å²) >= 11 is 0. The van der Waals surface area contributed by atoms with Crippen LogP contribution in [0.5, 0.6) is 5.75 Å². The Morgan fingerprint density at radius 3 is 2.53 bits per heavy atom. The lowest BCUT2D eigenvalue weighted by Gasteiger charge is -2.38. The van der Waals surface area contributed by atoms with Gasteiger partial charge >= 0.3 is 11.9 Å². The van der Waals surface area contributed by atoms with Crippen LogP contribution in [-0.2, 0) is 23.9 Å². The highest BCUT2D eigenvalue weighted by molar-refractivity contribution is 6.12. The summed E-state index contributed by atoms with van der Waals surface area (Å²) in [5.74, 6) is -3.80. The van der Waals surface area contributed by atoms with Crippen LogP contribution in [0.25, 0.3) is 0 Å². The van der Waals surface area contributed by atoms with E-state index in [2.05, 4.69) is 5.32 Å². The van der Waals surface area contributed by atoms with Crippen LogP contribution in [0, 0.1) is 17.7 Å². The molecule has 1 N–H and O–H groups in total. The van der Waals surface area contributed by atoms with Crippen molar-refractivity contribution in [1.29, 1.82) is 0 Å². The molecule has 0 unspecified atom stereocenters. The van der Waals surface area contributed by atoms with Gasteiger partial charge in [-0.3, -0.25) is 9.59 Å². The number of para-hydroxylation sites is 1. The molecule has 2 aliphatic rings. The van der Waals surface area contributed by atoms with Crippen molar-refractivity contribution in [3.8, 4) is 5.75 Å². The first-order valence-electron chi connectivity index (χ1n) is 11.7. The lowest BCUT2D eigenvalue weighted by atomic mass is 9.69. The normalized spacial score (nSPS) is 21.4. The van der Waals surface area contributed by atoms with Crippen LogP contribution >= 0.6 is 0 Å². The average Bonchev–Trinajstić information content (AvgIpc) is 2.86. The number of allylic oxidation sites excluding steroid dienone is 3. The number of hydrogen-bond acceptors (Lipinski definition) is 7. The van der Waals surface area contributed by atoms with Crippen molar-refractivity contribution in [2.75, 3.05) is 20.3 Å². The minimum absolute atomic E-state index is 0.0257. The molecule has 0 saturated carbocycles. The maximum atomic E-state index is 14.3. The van der Waals surface area contributed by atoms with Crippen molar-refractivity contribution in [3.63, 3.8) is 0 Å². The van der Waals surface area contributed by atoms with Gasteiger partial charge in [-0.15, -0.1) is 0 Å². The van der Waals surface area contributed by atoms with Gasteiger partial charge in [0.05, 0.1) is 12.7 Å². The second kappa shape index (κ2) is 10.8. The Kier molecular flexibility index (Phi) is 7.52. The van der Waals surface area contributed by atoms with Crippen molar-refractivity contribution in [2.45, 2.75) is 26.2 Å². The summed E-state index contributed by atoms with van der Waals surface area (Å²) < 4.78 is 30.2. The van der Waals surface area contributed by atoms with E-state index >= 15 is 0 Å². The second-order valence-electron chi connectivity index (χ2n) is 8.89. The van der Waals surface area contributed by atoms with Gasteiger partial charge in [-0.2, -0.15) is 0 Å². The van der Waals surface area contributed by atoms with E-state index in [-0.39, 0.29) is 30.3 Å². The number of carbonyl (C=O) groups is 3. The summed E-state index contributed by atoms with van der Waals surface area (Å²) in [6, 6.07) is 14.9. The highest BCUT2D eigenvalue weighted by Gasteiger charge is 2.47. The SMILES string of the molecule is COC(=O)[C@H]1C(=O)C2=C(C[C@@H]1C)NC(C)=C(C(=O)OCCOc1ccccc1)[C@@H]2c1cccc(F)c1. The van der Waals surface area contributed by atoms with Crippen LogP contribution in [0.1, 0.15) is 31.7 Å². The highest BCUT2D eigenvalue weighted by Crippen LogP contribution is 2.45. The third-order valence-electron chi connectivity index (χ3n) is 6.47. The van der Waals surface area contributed by atoms with Gasteiger partial charge in [-0.1, -0.05) is 37.3 Å². The smallest absolute Gasteiger partial charge is 0.336 e. The van der Waals surface area contributed by atoms with Gasteiger partial charge in [0.1, 0.15) is 30.7 Å². The Morgan fingerprint density at radius 2 is 1.83 bits per heavy atom. The summed E-state index contributed by atoms with van der Waals surface area (Å²) in [7, 11) is 1.24. The number of hydrogen-bond donors (Lipinski definition) is 1. The van der Waals surface area contributed by atoms with Crippen LogP contribution in [0.15, 0.2) is 77.1 Å². The number of rotatable bonds is 7. The number of benzene rings is 2. The van der Waals surface area contributed by atoms with Gasteiger partial charge in [0.25, 0.3) is 0 Å². The van der Waals surface area contributed by atoms with Gasteiger partial charge in [0.2, 0.25) is 0 Å². The molecule has 0 fully saturated rings. The Balaban J connectivity index is 1.64. The zero-order valence-corrected chi connectivity index (χ0v) is 20.4. The average molecular weight is 494 g/mol. The molecule has 36 heavy (non-hydrogen) atoms. The number of halogens is 1. The van der Waals surface area contributed by atoms with Crippen molar-refractivity contribution in [3.05, 3.63) is 88.5 Å². The van der Waals surface area contributed by atoms with Gasteiger partial charge in [-0.25, -0.2) is 9.18 Å². The summed E-state index contributed by atoms with van der Waals surface area (Å²) in [5.41, 5.74) is 1.98. The van der Waals surface area contributed by atoms with E-state index < -0.39 is 35.4 Å². The van der Waals surface area contributed by atoms with E-state index in [9.17, 15) is 18.8 Å². The molecule has 2 aromatic carbocycles. The van der Waals surface area contributed by atoms with E-state index in [1.807, 2.05) is 18.2 Å². The van der Waals surface area contributed by atoms with E-state index in [0.29, 0.717) is 29.1 Å². The van der Waals surface area contributed by atoms with Crippen LogP contribution in [0.4, 0.5) is 4.39 Å². The summed E-state index contributed by atoms with van der Waals surface area (Å²) in [4.78, 5) is 39.4. The van der Waals surface area contributed by atoms with Crippen molar-refractivity contribution >= 4 is 17.7 Å². The third-order valence-corrected chi connectivity index (χ3v) is 6.47. The first kappa shape index (κ1) is 25.2. The largest absolute Gasteiger partial charge is 0.490 e. The summed E-state index contributed by atoms with van der Waals surface area (Å²) in [5, 5.41) is 3.18. The molecule has 0 spiro atoms. The predicted octanol–water partition coefficient (Wildman–Crippen LogP) is 4.06. The molecule has 0 amide bonds. The fourth-order valence-corrected chi connectivity index (χ4v) is 4.86. The maximum Gasteiger partial charge on any atom is 0.336 e. The first-order chi connectivity index (χ1) is 17.3. The van der Waals surface area contributed by atoms with Crippen LogP contribution in [0.3, 0.4) is 0 Å². The predicted molar refractivity (Wildman–Crippen MR) is 129 cm³/mol. The number of Topliss-reactive ketones (excluding diaryl/α,β-unsaturated/α-hetero) is 1. The lowest BCUT2D eigenvalue weighted by molar-refractivity contribution is -0.151. The number of carbonyl (C=O) groups excluding carboxylic acids is 3. The third kappa shape index (κ3) is 5.03. The molecule has 188 valence electrons. The van der Waals surface area contributed by atoms with Gasteiger partial charge < -0.3 is 19.5 Å². The number of esters is 2. The monoisotopic (exact) mass is 493 g/mol. The van der Waals surface area contributed by atoms with E-state index in [0.717, 1.165) is 0 Å². The molecule has 2 aromatic rings. The van der Waals surface area contributed by atoms with Crippen molar-refractivity contribution in [1.82, 2.24) is 5.32 Å². The number of dihydropyridines is 1. The lowest BCUT2D eigenvalue weighted by Crippen LogP contribution is -2.43. The van der Waals surface area contributed by atoms with E-state index in [4.69, 9.17) is 14.2 Å². The molecule has 4 rings (SSSR count). The van der Waals surface area contributed by atoms with Crippen molar-refractivity contribution < 1.29 is 33.0 Å². The molecule has 0 saturated heterocycles. The molecule has 1 aliphatic carbocycles. The Morgan fingerprint density at radius 1 is 1.08 bits per heavy atom. The van der Waals surface area contributed by atoms with Crippen molar-refractivity contribution in [2.24, 2.45) is 11.8 Å². The molecule has 0 bridgehead atoms. The summed E-state index contributed by atoms with van der Waals surface area (Å²) in [6.45, 7) is 3.63. The number of ether oxygens (including phenoxy) is 3. The highest BCUT2D eigenvalue weighted by atomic mass is 19.1. The number of nitrogens with one attached hydrogen (secondary N) is 1. The summed E-state index contributed by atoms with van der Waals surface area (Å²) in [6.07, 6.45) is 0.400. The van der Waals surface area contributed by atoms with Crippen LogP contribution in [-0.4, -0.2) is 38.0 Å². The quantitative estimate of drug-likeness (QED) is 0.353. The molecule has 0 radical (unpaired) electrons. The minimum Gasteiger partial charge on any atom is -0.490 e. The minimum atomic E-state index is -1.01. The number of methoxy groups -OCH3 is 1. The molecule has 1 aliphatic heterocycles. The fourth-order valence-electron chi connectivity index (χ4n) is 4.86. The molecule has 1 heterocycles. The standard InChI is InChI=1S/C28H28FNO6/c1-16-14-21-25(26(31)22(16)27(32)34-3)24(18-8-7-9-19(29)15-18)23(17(2)30-21)28(33)36-13-12-35-20-10-5-4-6-11-20/h4-11,15-16,22,24,30H,12-14H2,1-3H3/t16-,22+,24-/m0/s1. The zero-order valence-electron chi connectivity index (χ0n) is 20.4. The Labute approximate surface area is 208 Å². The van der Waals surface area contributed by atoms with Gasteiger partial charge in [-0.05, 0) is 49.1 Å². The molecule has 3 atom stereocenters. The fraction of sp³-hybridized carbons (Fsp3) is 0.321. The van der Waals surface area contributed by atoms with E-state index in [1.54, 1.807) is 32.0 Å². The van der Waals surface area contributed by atoms with Gasteiger partial charge in [0.15, 0.2) is 5.78 Å². The number of ketones is 1. The molecule has 7 nitrogen and oxygen atoms in total. The molecule has 0 aromatic heterocycles. The van der Waals surface area contributed by atoms with Gasteiger partial charge in [0, 0.05) is 22.9 Å². The van der Waals surface area contributed by atoms with Crippen LogP contribution in [0.2, 0.25) is 0 Å². The topological polar surface area (TPSA) is 90.9 Å². The van der Waals surface area contributed by atoms with E-state index in [1.165, 1.54) is 25.3 Å². The zero-order chi connectivity index (χ0) is 25.8. The maximum absolute atomic E-state index is 14.3. The second-order valence-corrected chi connectivity index (χ2v) is 8.89. The molecular formula is C28H28FNO6. The molecular weight excluding hydrogens is 465 g/mol. The Bertz CT molecular complexity index is 1240. The molecule has 8 heteroatoms.